The summed E-state index contributed by atoms with van der Waals surface area (Å²) in [4.78, 5) is 11.9. The maximum absolute atomic E-state index is 11.9. The van der Waals surface area contributed by atoms with Gasteiger partial charge in [-0.15, -0.1) is 0 Å². The van der Waals surface area contributed by atoms with Crippen LogP contribution in [0.1, 0.15) is 49.4 Å². The molecule has 0 fully saturated rings. The van der Waals surface area contributed by atoms with Crippen molar-refractivity contribution in [3.8, 4) is 16.9 Å². The van der Waals surface area contributed by atoms with Crippen LogP contribution in [0.4, 0.5) is 0 Å². The lowest BCUT2D eigenvalue weighted by atomic mass is 10.0. The highest BCUT2D eigenvalue weighted by Crippen LogP contribution is 2.23. The van der Waals surface area contributed by atoms with Crippen LogP contribution in [0.5, 0.6) is 5.75 Å². The number of methoxy groups -OCH3 is 1. The van der Waals surface area contributed by atoms with Gasteiger partial charge >= 0.3 is 5.97 Å². The van der Waals surface area contributed by atoms with E-state index in [0.717, 1.165) is 29.9 Å². The minimum Gasteiger partial charge on any atom is -0.494 e. The summed E-state index contributed by atoms with van der Waals surface area (Å²) >= 11 is 0. The van der Waals surface area contributed by atoms with Crippen molar-refractivity contribution in [2.45, 2.75) is 39.0 Å². The Labute approximate surface area is 162 Å². The van der Waals surface area contributed by atoms with Crippen molar-refractivity contribution < 1.29 is 19.0 Å². The van der Waals surface area contributed by atoms with E-state index in [4.69, 9.17) is 14.2 Å². The Morgan fingerprint density at radius 2 is 1.41 bits per heavy atom. The summed E-state index contributed by atoms with van der Waals surface area (Å²) in [5.74, 6) is 0.564. The lowest BCUT2D eigenvalue weighted by Gasteiger charge is -2.08. The second kappa shape index (κ2) is 12.1. The van der Waals surface area contributed by atoms with Crippen molar-refractivity contribution >= 4 is 5.97 Å². The third kappa shape index (κ3) is 7.43. The first-order chi connectivity index (χ1) is 13.2. The fourth-order valence-electron chi connectivity index (χ4n) is 2.74. The predicted octanol–water partition coefficient (Wildman–Crippen LogP) is 5.51. The minimum absolute atomic E-state index is 0.261. The number of carbonyl (C=O) groups excluding carboxylic acids is 1. The first-order valence-electron chi connectivity index (χ1n) is 9.74. The third-order valence-corrected chi connectivity index (χ3v) is 4.35. The molecule has 0 heterocycles. The Bertz CT molecular complexity index is 662. The maximum atomic E-state index is 11.9. The number of unbranched alkanes of at least 4 members (excludes halogenated alkanes) is 4. The van der Waals surface area contributed by atoms with Gasteiger partial charge in [-0.3, -0.25) is 0 Å². The molecule has 0 unspecified atom stereocenters. The highest BCUT2D eigenvalue weighted by atomic mass is 16.6. The SMILES string of the molecule is CCCCCCCOc1ccc(-c2ccc(C(=O)OCCOC)cc2)cc1. The van der Waals surface area contributed by atoms with E-state index in [9.17, 15) is 4.79 Å². The molecule has 0 aliphatic carbocycles. The summed E-state index contributed by atoms with van der Waals surface area (Å²) in [6, 6.07) is 15.5. The van der Waals surface area contributed by atoms with Crippen LogP contribution in [0.15, 0.2) is 48.5 Å². The van der Waals surface area contributed by atoms with Crippen LogP contribution in [0.25, 0.3) is 11.1 Å². The van der Waals surface area contributed by atoms with E-state index in [2.05, 4.69) is 6.92 Å². The van der Waals surface area contributed by atoms with E-state index >= 15 is 0 Å². The molecule has 0 N–H and O–H groups in total. The van der Waals surface area contributed by atoms with E-state index in [1.807, 2.05) is 36.4 Å². The molecule has 4 nitrogen and oxygen atoms in total. The lowest BCUT2D eigenvalue weighted by molar-refractivity contribution is 0.0388. The molecule has 0 radical (unpaired) electrons. The molecule has 0 amide bonds. The van der Waals surface area contributed by atoms with Crippen LogP contribution >= 0.6 is 0 Å². The van der Waals surface area contributed by atoms with Gasteiger partial charge in [0.05, 0.1) is 18.8 Å². The fourth-order valence-corrected chi connectivity index (χ4v) is 2.74. The van der Waals surface area contributed by atoms with Crippen molar-refractivity contribution in [3.05, 3.63) is 54.1 Å². The topological polar surface area (TPSA) is 44.8 Å². The molecule has 2 aromatic carbocycles. The summed E-state index contributed by atoms with van der Waals surface area (Å²) in [7, 11) is 1.58. The molecular formula is C23H30O4. The Morgan fingerprint density at radius 1 is 0.778 bits per heavy atom. The van der Waals surface area contributed by atoms with Gasteiger partial charge in [-0.1, -0.05) is 56.9 Å². The van der Waals surface area contributed by atoms with Crippen LogP contribution in [-0.4, -0.2) is 32.9 Å². The molecule has 0 saturated heterocycles. The molecule has 0 bridgehead atoms. The molecule has 0 saturated carbocycles. The number of hydrogen-bond acceptors (Lipinski definition) is 4. The van der Waals surface area contributed by atoms with E-state index in [1.54, 1.807) is 19.2 Å². The first-order valence-corrected chi connectivity index (χ1v) is 9.74. The average Bonchev–Trinajstić information content (AvgIpc) is 2.71. The number of ether oxygens (including phenoxy) is 3. The highest BCUT2D eigenvalue weighted by molar-refractivity contribution is 5.90. The van der Waals surface area contributed by atoms with Crippen LogP contribution in [-0.2, 0) is 9.47 Å². The average molecular weight is 370 g/mol. The normalized spacial score (nSPS) is 10.6. The van der Waals surface area contributed by atoms with Crippen molar-refractivity contribution in [1.29, 1.82) is 0 Å². The fraction of sp³-hybridized carbons (Fsp3) is 0.435. The summed E-state index contributed by atoms with van der Waals surface area (Å²) in [6.07, 6.45) is 6.18. The van der Waals surface area contributed by atoms with E-state index < -0.39 is 0 Å². The molecule has 0 aliphatic heterocycles. The van der Waals surface area contributed by atoms with Crippen LogP contribution in [0.2, 0.25) is 0 Å². The smallest absolute Gasteiger partial charge is 0.338 e. The minimum atomic E-state index is -0.332. The summed E-state index contributed by atoms with van der Waals surface area (Å²) in [5.41, 5.74) is 2.68. The van der Waals surface area contributed by atoms with Gasteiger partial charge in [0, 0.05) is 7.11 Å². The zero-order valence-electron chi connectivity index (χ0n) is 16.4. The summed E-state index contributed by atoms with van der Waals surface area (Å²) in [5, 5.41) is 0. The van der Waals surface area contributed by atoms with Crippen molar-refractivity contribution in [2.75, 3.05) is 26.9 Å². The molecule has 146 valence electrons. The molecule has 2 aromatic rings. The monoisotopic (exact) mass is 370 g/mol. The second-order valence-electron chi connectivity index (χ2n) is 6.49. The second-order valence-corrected chi connectivity index (χ2v) is 6.49. The highest BCUT2D eigenvalue weighted by Gasteiger charge is 2.07. The largest absolute Gasteiger partial charge is 0.494 e. The van der Waals surface area contributed by atoms with Crippen LogP contribution in [0, 0.1) is 0 Å². The van der Waals surface area contributed by atoms with E-state index in [0.29, 0.717) is 12.2 Å². The van der Waals surface area contributed by atoms with Gasteiger partial charge in [0.2, 0.25) is 0 Å². The maximum Gasteiger partial charge on any atom is 0.338 e. The Kier molecular flexibility index (Phi) is 9.42. The predicted molar refractivity (Wildman–Crippen MR) is 108 cm³/mol. The summed E-state index contributed by atoms with van der Waals surface area (Å²) < 4.78 is 15.8. The Morgan fingerprint density at radius 3 is 2.04 bits per heavy atom. The number of carbonyl (C=O) groups is 1. The van der Waals surface area contributed by atoms with Gasteiger partial charge < -0.3 is 14.2 Å². The summed E-state index contributed by atoms with van der Waals surface area (Å²) in [6.45, 7) is 3.65. The van der Waals surface area contributed by atoms with Crippen LogP contribution < -0.4 is 4.74 Å². The number of rotatable bonds is 12. The molecule has 0 aliphatic rings. The lowest BCUT2D eigenvalue weighted by Crippen LogP contribution is -2.09. The standard InChI is InChI=1S/C23H30O4/c1-3-4-5-6-7-16-26-22-14-12-20(13-15-22)19-8-10-21(11-9-19)23(24)27-18-17-25-2/h8-15H,3-7,16-18H2,1-2H3. The molecular weight excluding hydrogens is 340 g/mol. The number of benzene rings is 2. The van der Waals surface area contributed by atoms with Gasteiger partial charge in [-0.25, -0.2) is 4.79 Å². The number of hydrogen-bond donors (Lipinski definition) is 0. The van der Waals surface area contributed by atoms with E-state index in [1.165, 1.54) is 25.7 Å². The molecule has 0 aromatic heterocycles. The van der Waals surface area contributed by atoms with Gasteiger partial charge in [-0.05, 0) is 41.8 Å². The molecule has 4 heteroatoms. The Balaban J connectivity index is 1.83. The molecule has 2 rings (SSSR count). The number of esters is 1. The first kappa shape index (κ1) is 21.0. The zero-order valence-corrected chi connectivity index (χ0v) is 16.4. The van der Waals surface area contributed by atoms with Gasteiger partial charge in [0.1, 0.15) is 12.4 Å². The van der Waals surface area contributed by atoms with Gasteiger partial charge in [0.15, 0.2) is 0 Å². The molecule has 27 heavy (non-hydrogen) atoms. The van der Waals surface area contributed by atoms with Crippen molar-refractivity contribution in [3.63, 3.8) is 0 Å². The van der Waals surface area contributed by atoms with Gasteiger partial charge in [-0.2, -0.15) is 0 Å². The molecule has 0 spiro atoms. The van der Waals surface area contributed by atoms with E-state index in [-0.39, 0.29) is 12.6 Å². The van der Waals surface area contributed by atoms with Gasteiger partial charge in [0.25, 0.3) is 0 Å². The van der Waals surface area contributed by atoms with Crippen LogP contribution in [0.3, 0.4) is 0 Å². The van der Waals surface area contributed by atoms with Crippen molar-refractivity contribution in [1.82, 2.24) is 0 Å². The van der Waals surface area contributed by atoms with Crippen molar-refractivity contribution in [2.24, 2.45) is 0 Å². The third-order valence-electron chi connectivity index (χ3n) is 4.35. The quantitative estimate of drug-likeness (QED) is 0.365. The zero-order chi connectivity index (χ0) is 19.3. The molecule has 0 atom stereocenters. The Hall–Kier alpha value is -2.33.